The Morgan fingerprint density at radius 2 is 1.44 bits per heavy atom. The first kappa shape index (κ1) is 19.9. The zero-order valence-electron chi connectivity index (χ0n) is 14.3. The van der Waals surface area contributed by atoms with Crippen molar-refractivity contribution in [3.8, 4) is 0 Å². The number of fused-ring (bicyclic) bond motifs is 2. The van der Waals surface area contributed by atoms with Crippen LogP contribution >= 0.6 is 45.9 Å². The Kier molecular flexibility index (Phi) is 6.09. The number of hydrogen-bond acceptors (Lipinski definition) is 2. The molecule has 0 amide bonds. The molecule has 3 atom stereocenters. The van der Waals surface area contributed by atoms with Gasteiger partial charge in [0.1, 0.15) is 0 Å². The summed E-state index contributed by atoms with van der Waals surface area (Å²) in [5, 5.41) is 0. The van der Waals surface area contributed by atoms with Crippen molar-refractivity contribution in [2.24, 2.45) is 5.92 Å². The fourth-order valence-corrected chi connectivity index (χ4v) is 6.73. The number of piperidine rings is 1. The lowest BCUT2D eigenvalue weighted by atomic mass is 9.87. The molecule has 1 unspecified atom stereocenters. The molecule has 0 aromatic carbocycles. The second-order valence-corrected chi connectivity index (χ2v) is 11.0. The molecule has 136 valence electrons. The Labute approximate surface area is 178 Å². The molecule has 4 rings (SSSR count). The molecule has 2 bridgehead atoms. The van der Waals surface area contributed by atoms with Crippen molar-refractivity contribution in [1.82, 2.24) is 0 Å². The monoisotopic (exact) mass is 477 g/mol. The van der Waals surface area contributed by atoms with E-state index in [9.17, 15) is 0 Å². The highest BCUT2D eigenvalue weighted by atomic mass is 79.9. The molecule has 0 aliphatic carbocycles. The molecule has 0 saturated carbocycles. The zero-order valence-corrected chi connectivity index (χ0v) is 19.1. The molecular formula is C19H22BrCl2NS2. The van der Waals surface area contributed by atoms with Gasteiger partial charge < -0.3 is 21.5 Å². The zero-order chi connectivity index (χ0) is 16.9. The van der Waals surface area contributed by atoms with E-state index < -0.39 is 0 Å². The molecule has 1 nitrogen and oxygen atoms in total. The molecule has 2 fully saturated rings. The van der Waals surface area contributed by atoms with Crippen LogP contribution in [0, 0.1) is 5.92 Å². The second kappa shape index (κ2) is 7.65. The molecule has 4 heterocycles. The molecular weight excluding hydrogens is 457 g/mol. The highest BCUT2D eigenvalue weighted by molar-refractivity contribution is 7.19. The van der Waals surface area contributed by atoms with Gasteiger partial charge in [-0.25, -0.2) is 0 Å². The Balaban J connectivity index is 0.00000182. The van der Waals surface area contributed by atoms with Crippen LogP contribution in [0.3, 0.4) is 0 Å². The van der Waals surface area contributed by atoms with Gasteiger partial charge in [-0.15, -0.1) is 22.7 Å². The van der Waals surface area contributed by atoms with Gasteiger partial charge in [0.15, 0.2) is 0 Å². The predicted octanol–water partition coefficient (Wildman–Crippen LogP) is 3.57. The van der Waals surface area contributed by atoms with Crippen LogP contribution in [0.15, 0.2) is 30.3 Å². The van der Waals surface area contributed by atoms with E-state index in [2.05, 4.69) is 32.3 Å². The average Bonchev–Trinajstić information content (AvgIpc) is 3.15. The maximum Gasteiger partial charge on any atom is 0.0934 e. The van der Waals surface area contributed by atoms with Gasteiger partial charge in [-0.3, -0.25) is 0 Å². The minimum absolute atomic E-state index is 0. The number of halogens is 3. The number of hydrogen-bond donors (Lipinski definition) is 0. The maximum absolute atomic E-state index is 6.20. The Hall–Kier alpha value is 0.160. The van der Waals surface area contributed by atoms with Crippen molar-refractivity contribution in [1.29, 1.82) is 0 Å². The molecule has 2 saturated heterocycles. The van der Waals surface area contributed by atoms with Crippen molar-refractivity contribution < 1.29 is 21.5 Å². The summed E-state index contributed by atoms with van der Waals surface area (Å²) in [6.07, 6.45) is 7.87. The third kappa shape index (κ3) is 3.90. The molecule has 6 heteroatoms. The summed E-state index contributed by atoms with van der Waals surface area (Å²) in [5.41, 5.74) is 1.32. The molecule has 0 N–H and O–H groups in total. The van der Waals surface area contributed by atoms with Crippen molar-refractivity contribution in [2.75, 3.05) is 14.1 Å². The van der Waals surface area contributed by atoms with E-state index in [1.807, 2.05) is 12.1 Å². The van der Waals surface area contributed by atoms with E-state index in [-0.39, 0.29) is 17.0 Å². The van der Waals surface area contributed by atoms with E-state index in [0.29, 0.717) is 5.92 Å². The topological polar surface area (TPSA) is 0 Å². The van der Waals surface area contributed by atoms with Crippen LogP contribution < -0.4 is 17.0 Å². The van der Waals surface area contributed by atoms with Gasteiger partial charge in [0, 0.05) is 41.0 Å². The summed E-state index contributed by atoms with van der Waals surface area (Å²) in [6, 6.07) is 9.90. The second-order valence-electron chi connectivity index (χ2n) is 7.53. The Morgan fingerprint density at radius 3 is 1.84 bits per heavy atom. The number of quaternary nitrogens is 1. The van der Waals surface area contributed by atoms with Crippen LogP contribution in [0.5, 0.6) is 0 Å². The average molecular weight is 479 g/mol. The van der Waals surface area contributed by atoms with Gasteiger partial charge in [0.2, 0.25) is 0 Å². The molecule has 25 heavy (non-hydrogen) atoms. The van der Waals surface area contributed by atoms with Gasteiger partial charge in [-0.1, -0.05) is 29.3 Å². The molecule has 2 aromatic heterocycles. The van der Waals surface area contributed by atoms with E-state index >= 15 is 0 Å². The summed E-state index contributed by atoms with van der Waals surface area (Å²) in [4.78, 5) is 2.51. The first-order chi connectivity index (χ1) is 11.4. The maximum atomic E-state index is 6.20. The number of rotatable bonds is 3. The van der Waals surface area contributed by atoms with Crippen LogP contribution in [0.1, 0.15) is 35.4 Å². The largest absolute Gasteiger partial charge is 1.00 e. The standard InChI is InChI=1S/C19H22Cl2NS2.BrH/c1-22(2)13-3-4-14(22)10-12(9-13)11-15(16-5-7-18(20)23-16)17-6-8-19(21)24-17;/h5-8,11-14H,3-4,9-10H2,1-2H3;1H/q+1;/p-1/t12?,13-,14+;. The summed E-state index contributed by atoms with van der Waals surface area (Å²) in [6.45, 7) is 0. The number of thiophene rings is 2. The predicted molar refractivity (Wildman–Crippen MR) is 107 cm³/mol. The quantitative estimate of drug-likeness (QED) is 0.591. The van der Waals surface area contributed by atoms with Crippen LogP contribution in [-0.2, 0) is 0 Å². The van der Waals surface area contributed by atoms with Crippen LogP contribution in [0.4, 0.5) is 0 Å². The summed E-state index contributed by atoms with van der Waals surface area (Å²) in [7, 11) is 4.84. The summed E-state index contributed by atoms with van der Waals surface area (Å²) >= 11 is 15.7. The van der Waals surface area contributed by atoms with Gasteiger partial charge in [-0.2, -0.15) is 0 Å². The SMILES string of the molecule is C[N+]1(C)[C@@H]2CC[C@H]1CC(C=C(c1ccc(Cl)s1)c1ccc(Cl)s1)C2.[Br-]. The lowest BCUT2D eigenvalue weighted by molar-refractivity contribution is -0.931. The van der Waals surface area contributed by atoms with Crippen molar-refractivity contribution in [3.63, 3.8) is 0 Å². The molecule has 0 radical (unpaired) electrons. The van der Waals surface area contributed by atoms with E-state index in [0.717, 1.165) is 20.8 Å². The fraction of sp³-hybridized carbons (Fsp3) is 0.474. The lowest BCUT2D eigenvalue weighted by Gasteiger charge is -2.43. The third-order valence-electron chi connectivity index (χ3n) is 5.94. The van der Waals surface area contributed by atoms with Gasteiger partial charge in [0.05, 0.1) is 34.9 Å². The first-order valence-corrected chi connectivity index (χ1v) is 10.9. The minimum atomic E-state index is 0. The van der Waals surface area contributed by atoms with E-state index in [1.165, 1.54) is 45.5 Å². The van der Waals surface area contributed by atoms with E-state index in [1.54, 1.807) is 22.7 Å². The van der Waals surface area contributed by atoms with Gasteiger partial charge in [0.25, 0.3) is 0 Å². The molecule has 0 spiro atoms. The third-order valence-corrected chi connectivity index (χ3v) is 8.47. The Bertz CT molecular complexity index is 722. The molecule has 2 aliphatic rings. The van der Waals surface area contributed by atoms with Gasteiger partial charge >= 0.3 is 0 Å². The van der Waals surface area contributed by atoms with Crippen molar-refractivity contribution in [2.45, 2.75) is 37.8 Å². The smallest absolute Gasteiger partial charge is 0.0934 e. The number of nitrogens with zero attached hydrogens (tertiary/aromatic N) is 1. The summed E-state index contributed by atoms with van der Waals surface area (Å²) in [5.74, 6) is 0.658. The normalized spacial score (nSPS) is 27.0. The van der Waals surface area contributed by atoms with Crippen LogP contribution in [0.25, 0.3) is 5.57 Å². The van der Waals surface area contributed by atoms with Crippen LogP contribution in [-0.4, -0.2) is 30.7 Å². The highest BCUT2D eigenvalue weighted by Crippen LogP contribution is 2.45. The fourth-order valence-electron chi connectivity index (χ4n) is 4.50. The van der Waals surface area contributed by atoms with E-state index in [4.69, 9.17) is 23.2 Å². The first-order valence-electron chi connectivity index (χ1n) is 8.50. The highest BCUT2D eigenvalue weighted by Gasteiger charge is 2.48. The lowest BCUT2D eigenvalue weighted by Crippen LogP contribution is -3.00. The number of allylic oxidation sites excluding steroid dienone is 1. The molecule has 2 aliphatic heterocycles. The summed E-state index contributed by atoms with van der Waals surface area (Å²) < 4.78 is 2.91. The van der Waals surface area contributed by atoms with Crippen LogP contribution in [0.2, 0.25) is 8.67 Å². The van der Waals surface area contributed by atoms with Crippen molar-refractivity contribution >= 4 is 51.4 Å². The minimum Gasteiger partial charge on any atom is -1.00 e. The van der Waals surface area contributed by atoms with Gasteiger partial charge in [-0.05, 0) is 30.2 Å². The van der Waals surface area contributed by atoms with Crippen molar-refractivity contribution in [3.05, 3.63) is 48.8 Å². The Morgan fingerprint density at radius 1 is 0.960 bits per heavy atom. The molecule has 2 aromatic rings.